The molecule has 0 fully saturated rings. The van der Waals surface area contributed by atoms with Crippen molar-refractivity contribution in [3.05, 3.63) is 25.6 Å². The highest BCUT2D eigenvalue weighted by molar-refractivity contribution is 9.11. The first-order valence-electron chi connectivity index (χ1n) is 4.38. The van der Waals surface area contributed by atoms with Crippen LogP contribution in [0.25, 0.3) is 0 Å². The molecule has 0 saturated carbocycles. The first kappa shape index (κ1) is 14.6. The Labute approximate surface area is 123 Å². The van der Waals surface area contributed by atoms with Crippen LogP contribution in [0.2, 0.25) is 0 Å². The van der Waals surface area contributed by atoms with Gasteiger partial charge in [-0.15, -0.1) is 0 Å². The number of carbonyl (C=O) groups excluding carboxylic acids is 2. The number of hydrazine groups is 1. The number of halogens is 3. The van der Waals surface area contributed by atoms with E-state index in [1.807, 2.05) is 5.43 Å². The third kappa shape index (κ3) is 4.38. The lowest BCUT2D eigenvalue weighted by Gasteiger charge is -2.09. The molecule has 0 spiro atoms. The Morgan fingerprint density at radius 2 is 1.65 bits per heavy atom. The molecule has 1 aromatic carbocycles. The number of amides is 2. The van der Waals surface area contributed by atoms with Gasteiger partial charge in [0.15, 0.2) is 0 Å². The zero-order valence-corrected chi connectivity index (χ0v) is 13.1. The molecule has 92 valence electrons. The SMILES string of the molecule is NNC(=O)CC(=O)Nc1c(Br)cc(Br)cc1Br. The number of carbonyl (C=O) groups is 2. The third-order valence-corrected chi connectivity index (χ3v) is 3.46. The fraction of sp³-hybridized carbons (Fsp3) is 0.111. The number of anilines is 1. The maximum atomic E-state index is 11.5. The van der Waals surface area contributed by atoms with E-state index in [0.29, 0.717) is 14.6 Å². The smallest absolute Gasteiger partial charge is 0.243 e. The second-order valence-corrected chi connectivity index (χ2v) is 5.66. The van der Waals surface area contributed by atoms with Crippen LogP contribution in [-0.4, -0.2) is 11.8 Å². The molecule has 0 aliphatic heterocycles. The minimum absolute atomic E-state index is 0.328. The summed E-state index contributed by atoms with van der Waals surface area (Å²) in [6, 6.07) is 3.56. The van der Waals surface area contributed by atoms with E-state index >= 15 is 0 Å². The first-order valence-corrected chi connectivity index (χ1v) is 6.75. The number of benzene rings is 1. The summed E-state index contributed by atoms with van der Waals surface area (Å²) < 4.78 is 2.24. The highest BCUT2D eigenvalue weighted by Gasteiger charge is 2.13. The molecule has 0 unspecified atom stereocenters. The predicted molar refractivity (Wildman–Crippen MR) is 75.1 cm³/mol. The fourth-order valence-corrected chi connectivity index (χ4v) is 3.50. The molecule has 0 saturated heterocycles. The van der Waals surface area contributed by atoms with Crippen LogP contribution in [0.1, 0.15) is 6.42 Å². The largest absolute Gasteiger partial charge is 0.324 e. The minimum Gasteiger partial charge on any atom is -0.324 e. The molecule has 0 aliphatic rings. The highest BCUT2D eigenvalue weighted by Crippen LogP contribution is 2.34. The van der Waals surface area contributed by atoms with E-state index in [2.05, 4.69) is 53.1 Å². The van der Waals surface area contributed by atoms with Gasteiger partial charge in [0.25, 0.3) is 0 Å². The van der Waals surface area contributed by atoms with Gasteiger partial charge in [0.2, 0.25) is 11.8 Å². The summed E-state index contributed by atoms with van der Waals surface area (Å²) in [7, 11) is 0. The van der Waals surface area contributed by atoms with E-state index in [-0.39, 0.29) is 6.42 Å². The zero-order valence-electron chi connectivity index (χ0n) is 8.39. The molecule has 2 amide bonds. The summed E-state index contributed by atoms with van der Waals surface area (Å²) in [5.41, 5.74) is 2.45. The molecule has 8 heteroatoms. The van der Waals surface area contributed by atoms with E-state index < -0.39 is 11.8 Å². The first-order chi connectivity index (χ1) is 7.93. The van der Waals surface area contributed by atoms with E-state index in [9.17, 15) is 9.59 Å². The van der Waals surface area contributed by atoms with Crippen LogP contribution >= 0.6 is 47.8 Å². The van der Waals surface area contributed by atoms with E-state index in [1.54, 1.807) is 12.1 Å². The quantitative estimate of drug-likeness (QED) is 0.298. The van der Waals surface area contributed by atoms with Gasteiger partial charge >= 0.3 is 0 Å². The van der Waals surface area contributed by atoms with Gasteiger partial charge in [-0.25, -0.2) is 5.84 Å². The number of hydrogen-bond donors (Lipinski definition) is 3. The second-order valence-electron chi connectivity index (χ2n) is 3.04. The monoisotopic (exact) mass is 427 g/mol. The summed E-state index contributed by atoms with van der Waals surface area (Å²) in [5.74, 6) is 3.89. The number of hydrogen-bond acceptors (Lipinski definition) is 3. The summed E-state index contributed by atoms with van der Waals surface area (Å²) in [5, 5.41) is 2.60. The zero-order chi connectivity index (χ0) is 13.0. The Kier molecular flexibility index (Phi) is 5.57. The molecular weight excluding hydrogens is 422 g/mol. The lowest BCUT2D eigenvalue weighted by Crippen LogP contribution is -2.33. The summed E-state index contributed by atoms with van der Waals surface area (Å²) in [6.45, 7) is 0. The molecule has 5 nitrogen and oxygen atoms in total. The van der Waals surface area contributed by atoms with Crippen LogP contribution in [0.3, 0.4) is 0 Å². The summed E-state index contributed by atoms with van der Waals surface area (Å²) in [4.78, 5) is 22.4. The molecule has 1 aromatic rings. The van der Waals surface area contributed by atoms with Gasteiger partial charge in [0.05, 0.1) is 5.69 Å². The van der Waals surface area contributed by atoms with Crippen LogP contribution < -0.4 is 16.6 Å². The molecule has 0 aromatic heterocycles. The Morgan fingerprint density at radius 1 is 1.12 bits per heavy atom. The van der Waals surface area contributed by atoms with Crippen molar-refractivity contribution in [2.24, 2.45) is 5.84 Å². The van der Waals surface area contributed by atoms with E-state index in [4.69, 9.17) is 5.84 Å². The summed E-state index contributed by atoms with van der Waals surface area (Å²) in [6.07, 6.45) is -0.328. The molecule has 1 rings (SSSR count). The van der Waals surface area contributed by atoms with Crippen LogP contribution in [0.4, 0.5) is 5.69 Å². The van der Waals surface area contributed by atoms with Crippen molar-refractivity contribution in [3.8, 4) is 0 Å². The Morgan fingerprint density at radius 3 is 2.12 bits per heavy atom. The van der Waals surface area contributed by atoms with Gasteiger partial charge in [-0.2, -0.15) is 0 Å². The summed E-state index contributed by atoms with van der Waals surface area (Å²) >= 11 is 9.93. The predicted octanol–water partition coefficient (Wildman–Crippen LogP) is 2.29. The lowest BCUT2D eigenvalue weighted by atomic mass is 10.3. The van der Waals surface area contributed by atoms with Crippen molar-refractivity contribution in [2.75, 3.05) is 5.32 Å². The number of nitrogens with two attached hydrogens (primary N) is 1. The minimum atomic E-state index is -0.549. The van der Waals surface area contributed by atoms with Gasteiger partial charge in [-0.05, 0) is 44.0 Å². The van der Waals surface area contributed by atoms with Crippen LogP contribution in [0, 0.1) is 0 Å². The van der Waals surface area contributed by atoms with Gasteiger partial charge < -0.3 is 5.32 Å². The van der Waals surface area contributed by atoms with Gasteiger partial charge in [-0.1, -0.05) is 15.9 Å². The van der Waals surface area contributed by atoms with Crippen molar-refractivity contribution < 1.29 is 9.59 Å². The maximum Gasteiger partial charge on any atom is 0.243 e. The van der Waals surface area contributed by atoms with Gasteiger partial charge in [0, 0.05) is 13.4 Å². The van der Waals surface area contributed by atoms with E-state index in [0.717, 1.165) is 4.47 Å². The molecule has 0 radical (unpaired) electrons. The normalized spacial score (nSPS) is 9.88. The van der Waals surface area contributed by atoms with Gasteiger partial charge in [0.1, 0.15) is 6.42 Å². The molecule has 17 heavy (non-hydrogen) atoms. The third-order valence-electron chi connectivity index (χ3n) is 1.75. The van der Waals surface area contributed by atoms with E-state index in [1.165, 1.54) is 0 Å². The van der Waals surface area contributed by atoms with Crippen LogP contribution in [0.15, 0.2) is 25.6 Å². The average molecular weight is 430 g/mol. The topological polar surface area (TPSA) is 84.2 Å². The Hall–Kier alpha value is -0.440. The van der Waals surface area contributed by atoms with Crippen molar-refractivity contribution in [2.45, 2.75) is 6.42 Å². The average Bonchev–Trinajstić information content (AvgIpc) is 2.23. The maximum absolute atomic E-state index is 11.5. The fourth-order valence-electron chi connectivity index (χ4n) is 1.04. The Bertz CT molecular complexity index is 442. The highest BCUT2D eigenvalue weighted by atomic mass is 79.9. The molecule has 4 N–H and O–H groups in total. The van der Waals surface area contributed by atoms with Crippen molar-refractivity contribution in [1.82, 2.24) is 5.43 Å². The molecule has 0 heterocycles. The van der Waals surface area contributed by atoms with Crippen molar-refractivity contribution in [3.63, 3.8) is 0 Å². The lowest BCUT2D eigenvalue weighted by molar-refractivity contribution is -0.126. The molecule has 0 atom stereocenters. The molecule has 0 bridgehead atoms. The Balaban J connectivity index is 2.82. The second kappa shape index (κ2) is 6.48. The number of rotatable bonds is 3. The van der Waals surface area contributed by atoms with Crippen molar-refractivity contribution in [1.29, 1.82) is 0 Å². The van der Waals surface area contributed by atoms with Crippen molar-refractivity contribution >= 4 is 65.3 Å². The molecule has 0 aliphatic carbocycles. The standard InChI is InChI=1S/C9H8Br3N3O2/c10-4-1-5(11)9(6(12)2-4)14-7(16)3-8(17)15-13/h1-2H,3,13H2,(H,14,16)(H,15,17). The number of nitrogens with one attached hydrogen (secondary N) is 2. The van der Waals surface area contributed by atoms with Crippen LogP contribution in [0.5, 0.6) is 0 Å². The molecular formula is C9H8Br3N3O2. The van der Waals surface area contributed by atoms with Gasteiger partial charge in [-0.3, -0.25) is 15.0 Å². The van der Waals surface area contributed by atoms with Crippen LogP contribution in [-0.2, 0) is 9.59 Å².